The molecule has 7 heteroatoms. The van der Waals surface area contributed by atoms with Crippen molar-refractivity contribution < 1.29 is 4.74 Å². The Balaban J connectivity index is 1.64. The second-order valence-electron chi connectivity index (χ2n) is 4.96. The van der Waals surface area contributed by atoms with Crippen LogP contribution in [0.3, 0.4) is 0 Å². The molecule has 0 aromatic heterocycles. The van der Waals surface area contributed by atoms with E-state index >= 15 is 0 Å². The molecule has 0 N–H and O–H groups in total. The first kappa shape index (κ1) is 13.0. The summed E-state index contributed by atoms with van der Waals surface area (Å²) in [5.41, 5.74) is 0.794. The molecule has 0 spiro atoms. The van der Waals surface area contributed by atoms with Gasteiger partial charge in [0, 0.05) is 32.4 Å². The van der Waals surface area contributed by atoms with Gasteiger partial charge in [0.2, 0.25) is 0 Å². The molecule has 0 aromatic carbocycles. The molecule has 19 heavy (non-hydrogen) atoms. The van der Waals surface area contributed by atoms with Gasteiger partial charge in [0.05, 0.1) is 13.2 Å². The van der Waals surface area contributed by atoms with Crippen LogP contribution in [0, 0.1) is 0 Å². The lowest BCUT2D eigenvalue weighted by Crippen LogP contribution is -2.43. The highest BCUT2D eigenvalue weighted by molar-refractivity contribution is 7.80. The van der Waals surface area contributed by atoms with Gasteiger partial charge in [-0.3, -0.25) is 0 Å². The van der Waals surface area contributed by atoms with E-state index in [1.807, 2.05) is 6.20 Å². The second kappa shape index (κ2) is 5.94. The molecule has 3 rings (SSSR count). The Morgan fingerprint density at radius 1 is 1.05 bits per heavy atom. The van der Waals surface area contributed by atoms with Gasteiger partial charge in [0.25, 0.3) is 0 Å². The largest absolute Gasteiger partial charge is 0.378 e. The minimum absolute atomic E-state index is 0.716. The fraction of sp³-hybridized carbons (Fsp3) is 0.750. The van der Waals surface area contributed by atoms with Gasteiger partial charge >= 0.3 is 0 Å². The monoisotopic (exact) mass is 281 g/mol. The van der Waals surface area contributed by atoms with E-state index in [2.05, 4.69) is 20.2 Å². The van der Waals surface area contributed by atoms with Crippen LogP contribution in [0.2, 0.25) is 0 Å². The number of piperidine rings is 1. The maximum absolute atomic E-state index is 5.48. The molecule has 0 atom stereocenters. The van der Waals surface area contributed by atoms with Gasteiger partial charge in [0.15, 0.2) is 4.99 Å². The Morgan fingerprint density at radius 2 is 1.79 bits per heavy atom. The molecule has 104 valence electrons. The third-order valence-electron chi connectivity index (χ3n) is 3.59. The molecule has 3 heterocycles. The minimum Gasteiger partial charge on any atom is -0.378 e. The molecule has 0 amide bonds. The highest BCUT2D eigenvalue weighted by atomic mass is 32.1. The Kier molecular flexibility index (Phi) is 4.05. The number of thiocarbonyl (C=S) groups is 1. The molecule has 0 unspecified atom stereocenters. The van der Waals surface area contributed by atoms with E-state index in [1.165, 1.54) is 19.3 Å². The number of rotatable bonds is 2. The maximum Gasteiger partial charge on any atom is 0.172 e. The van der Waals surface area contributed by atoms with E-state index in [4.69, 9.17) is 17.0 Å². The summed E-state index contributed by atoms with van der Waals surface area (Å²) in [5.74, 6) is 0. The van der Waals surface area contributed by atoms with Gasteiger partial charge in [-0.15, -0.1) is 5.11 Å². The molecule has 3 aliphatic heterocycles. The van der Waals surface area contributed by atoms with Crippen LogP contribution in [-0.2, 0) is 4.74 Å². The SMILES string of the molecule is S=C1C(=CN2CCOCC2)N=NN1N1CCCCC1. The summed E-state index contributed by atoms with van der Waals surface area (Å²) in [7, 11) is 0. The van der Waals surface area contributed by atoms with Crippen molar-refractivity contribution in [2.75, 3.05) is 39.4 Å². The van der Waals surface area contributed by atoms with Gasteiger partial charge in [-0.25, -0.2) is 0 Å². The van der Waals surface area contributed by atoms with Crippen molar-refractivity contribution in [2.45, 2.75) is 19.3 Å². The number of ether oxygens (including phenoxy) is 1. The smallest absolute Gasteiger partial charge is 0.172 e. The molecule has 3 aliphatic rings. The molecule has 2 fully saturated rings. The number of morpholine rings is 1. The zero-order valence-corrected chi connectivity index (χ0v) is 11.8. The van der Waals surface area contributed by atoms with Gasteiger partial charge < -0.3 is 9.64 Å². The third kappa shape index (κ3) is 2.93. The highest BCUT2D eigenvalue weighted by Gasteiger charge is 2.28. The van der Waals surface area contributed by atoms with Gasteiger partial charge in [-0.05, 0) is 18.1 Å². The first-order chi connectivity index (χ1) is 9.34. The lowest BCUT2D eigenvalue weighted by molar-refractivity contribution is 0.0290. The Hall–Kier alpha value is -1.05. The summed E-state index contributed by atoms with van der Waals surface area (Å²) in [6.45, 7) is 5.36. The lowest BCUT2D eigenvalue weighted by atomic mass is 10.2. The van der Waals surface area contributed by atoms with Gasteiger partial charge in [-0.2, -0.15) is 10.1 Å². The zero-order chi connectivity index (χ0) is 13.1. The normalized spacial score (nSPS) is 27.6. The summed E-state index contributed by atoms with van der Waals surface area (Å²) in [6.07, 6.45) is 5.72. The molecule has 0 aromatic rings. The topological polar surface area (TPSA) is 43.7 Å². The Bertz CT molecular complexity index is 399. The van der Waals surface area contributed by atoms with Crippen molar-refractivity contribution in [1.29, 1.82) is 0 Å². The van der Waals surface area contributed by atoms with Crippen LogP contribution in [0.4, 0.5) is 0 Å². The second-order valence-corrected chi connectivity index (χ2v) is 5.35. The molecular formula is C12H19N5OS. The predicted molar refractivity (Wildman–Crippen MR) is 75.2 cm³/mol. The fourth-order valence-electron chi connectivity index (χ4n) is 2.49. The van der Waals surface area contributed by atoms with Crippen molar-refractivity contribution in [2.24, 2.45) is 10.3 Å². The van der Waals surface area contributed by atoms with Crippen molar-refractivity contribution in [3.05, 3.63) is 11.9 Å². The van der Waals surface area contributed by atoms with Crippen LogP contribution in [0.1, 0.15) is 19.3 Å². The molecule has 0 saturated carbocycles. The quantitative estimate of drug-likeness (QED) is 0.568. The summed E-state index contributed by atoms with van der Waals surface area (Å²) in [5, 5.41) is 12.4. The first-order valence-electron chi connectivity index (χ1n) is 6.89. The van der Waals surface area contributed by atoms with Crippen LogP contribution in [0.15, 0.2) is 22.2 Å². The number of hydrogen-bond acceptors (Lipinski definition) is 6. The standard InChI is InChI=1S/C12H19N5OS/c19-12-11(10-15-6-8-18-9-7-15)13-14-17(12)16-4-2-1-3-5-16/h10H,1-9H2. The van der Waals surface area contributed by atoms with E-state index in [9.17, 15) is 0 Å². The fourth-order valence-corrected chi connectivity index (χ4v) is 2.73. The van der Waals surface area contributed by atoms with Crippen LogP contribution in [-0.4, -0.2) is 59.4 Å². The summed E-state index contributed by atoms with van der Waals surface area (Å²) in [6, 6.07) is 0. The molecule has 2 saturated heterocycles. The Labute approximate surface area is 118 Å². The van der Waals surface area contributed by atoms with Crippen LogP contribution >= 0.6 is 12.2 Å². The molecule has 0 bridgehead atoms. The van der Waals surface area contributed by atoms with Crippen molar-refractivity contribution in [3.63, 3.8) is 0 Å². The minimum atomic E-state index is 0.716. The zero-order valence-electron chi connectivity index (χ0n) is 11.0. The van der Waals surface area contributed by atoms with Crippen molar-refractivity contribution >= 4 is 17.2 Å². The number of hydrazine groups is 1. The van der Waals surface area contributed by atoms with E-state index < -0.39 is 0 Å². The molecule has 0 aliphatic carbocycles. The number of nitrogens with zero attached hydrogens (tertiary/aromatic N) is 5. The van der Waals surface area contributed by atoms with E-state index in [-0.39, 0.29) is 0 Å². The predicted octanol–water partition coefficient (Wildman–Crippen LogP) is 1.57. The summed E-state index contributed by atoms with van der Waals surface area (Å²) in [4.78, 5) is 2.91. The molecule has 0 radical (unpaired) electrons. The van der Waals surface area contributed by atoms with Crippen LogP contribution in [0.25, 0.3) is 0 Å². The summed E-state index contributed by atoms with van der Waals surface area (Å²) < 4.78 is 5.33. The number of hydrogen-bond donors (Lipinski definition) is 0. The Morgan fingerprint density at radius 3 is 2.53 bits per heavy atom. The van der Waals surface area contributed by atoms with Crippen molar-refractivity contribution in [3.8, 4) is 0 Å². The van der Waals surface area contributed by atoms with Gasteiger partial charge in [0.1, 0.15) is 5.70 Å². The van der Waals surface area contributed by atoms with E-state index in [1.54, 1.807) is 5.12 Å². The third-order valence-corrected chi connectivity index (χ3v) is 3.96. The molecular weight excluding hydrogens is 262 g/mol. The van der Waals surface area contributed by atoms with Crippen LogP contribution < -0.4 is 0 Å². The molecule has 6 nitrogen and oxygen atoms in total. The average molecular weight is 281 g/mol. The van der Waals surface area contributed by atoms with E-state index in [0.717, 1.165) is 45.1 Å². The first-order valence-corrected chi connectivity index (χ1v) is 7.30. The lowest BCUT2D eigenvalue weighted by Gasteiger charge is -2.31. The summed E-state index contributed by atoms with van der Waals surface area (Å²) >= 11 is 5.48. The maximum atomic E-state index is 5.48. The average Bonchev–Trinajstić information content (AvgIpc) is 2.82. The van der Waals surface area contributed by atoms with Crippen LogP contribution in [0.5, 0.6) is 0 Å². The van der Waals surface area contributed by atoms with Crippen molar-refractivity contribution in [1.82, 2.24) is 15.0 Å². The highest BCUT2D eigenvalue weighted by Crippen LogP contribution is 2.22. The van der Waals surface area contributed by atoms with Gasteiger partial charge in [-0.1, -0.05) is 18.6 Å². The van der Waals surface area contributed by atoms with E-state index in [0.29, 0.717) is 4.99 Å².